The molecular weight excluding hydrogens is 356 g/mol. The Balaban J connectivity index is 1.45. The Morgan fingerprint density at radius 1 is 1.18 bits per heavy atom. The fourth-order valence-electron chi connectivity index (χ4n) is 3.54. The molecule has 1 aromatic heterocycles. The lowest BCUT2D eigenvalue weighted by molar-refractivity contribution is 0.0933. The van der Waals surface area contributed by atoms with Gasteiger partial charge in [0.1, 0.15) is 11.6 Å². The highest BCUT2D eigenvalue weighted by Crippen LogP contribution is 2.23. The molecule has 2 aromatic carbocycles. The molecule has 3 aromatic rings. The van der Waals surface area contributed by atoms with Gasteiger partial charge in [-0.1, -0.05) is 24.3 Å². The number of carbonyl (C=O) groups is 1. The molecule has 1 aliphatic rings. The van der Waals surface area contributed by atoms with Crippen LogP contribution in [-0.4, -0.2) is 33.8 Å². The fourth-order valence-corrected chi connectivity index (χ4v) is 3.54. The average Bonchev–Trinajstić information content (AvgIpc) is 2.96. The molecule has 4 rings (SSSR count). The zero-order chi connectivity index (χ0) is 19.5. The van der Waals surface area contributed by atoms with Gasteiger partial charge in [-0.25, -0.2) is 9.89 Å². The van der Waals surface area contributed by atoms with Crippen LogP contribution in [0.1, 0.15) is 29.0 Å². The summed E-state index contributed by atoms with van der Waals surface area (Å²) in [5.74, 6) is 1.45. The van der Waals surface area contributed by atoms with Gasteiger partial charge < -0.3 is 10.1 Å². The number of H-pyrrole nitrogens is 1. The predicted molar refractivity (Wildman–Crippen MR) is 105 cm³/mol. The lowest BCUT2D eigenvalue weighted by Crippen LogP contribution is -2.35. The lowest BCUT2D eigenvalue weighted by atomic mass is 10.0. The first-order chi connectivity index (χ1) is 13.6. The molecule has 0 aliphatic carbocycles. The maximum atomic E-state index is 12.8. The van der Waals surface area contributed by atoms with Gasteiger partial charge >= 0.3 is 5.69 Å². The summed E-state index contributed by atoms with van der Waals surface area (Å²) in [4.78, 5) is 24.5. The summed E-state index contributed by atoms with van der Waals surface area (Å²) in [6.45, 7) is 0.557. The monoisotopic (exact) mass is 378 g/mol. The van der Waals surface area contributed by atoms with Gasteiger partial charge in [0.2, 0.25) is 0 Å². The summed E-state index contributed by atoms with van der Waals surface area (Å²) in [7, 11) is 1.64. The number of methoxy groups -OCH3 is 1. The number of amides is 1. The summed E-state index contributed by atoms with van der Waals surface area (Å²) in [6, 6.07) is 15.3. The minimum Gasteiger partial charge on any atom is -0.497 e. The number of hydrogen-bond donors (Lipinski definition) is 2. The molecule has 1 unspecified atom stereocenters. The van der Waals surface area contributed by atoms with Crippen LogP contribution in [0.5, 0.6) is 5.75 Å². The van der Waals surface area contributed by atoms with Crippen molar-refractivity contribution in [2.24, 2.45) is 0 Å². The van der Waals surface area contributed by atoms with E-state index in [1.165, 1.54) is 0 Å². The minimum atomic E-state index is -0.186. The topological polar surface area (TPSA) is 89.0 Å². The Labute approximate surface area is 162 Å². The number of hydrogen-bond acceptors (Lipinski definition) is 4. The van der Waals surface area contributed by atoms with Crippen molar-refractivity contribution in [3.63, 3.8) is 0 Å². The summed E-state index contributed by atoms with van der Waals surface area (Å²) in [5.41, 5.74) is 2.43. The van der Waals surface area contributed by atoms with E-state index in [0.717, 1.165) is 29.1 Å². The normalized spacial score (nSPS) is 16.1. The third-order valence-electron chi connectivity index (χ3n) is 5.14. The van der Waals surface area contributed by atoms with Crippen molar-refractivity contribution in [3.8, 4) is 16.9 Å². The summed E-state index contributed by atoms with van der Waals surface area (Å²) < 4.78 is 6.84. The van der Waals surface area contributed by atoms with Crippen LogP contribution in [0.3, 0.4) is 0 Å². The second-order valence-corrected chi connectivity index (χ2v) is 6.90. The number of nitrogens with one attached hydrogen (secondary N) is 2. The summed E-state index contributed by atoms with van der Waals surface area (Å²) in [5, 5.41) is 9.63. The number of aromatic amines is 1. The first kappa shape index (κ1) is 18.0. The smallest absolute Gasteiger partial charge is 0.343 e. The van der Waals surface area contributed by atoms with E-state index >= 15 is 0 Å². The third kappa shape index (κ3) is 3.69. The van der Waals surface area contributed by atoms with E-state index in [1.54, 1.807) is 11.7 Å². The molecular formula is C21H22N4O3. The van der Waals surface area contributed by atoms with Gasteiger partial charge in [-0.2, -0.15) is 5.10 Å². The van der Waals surface area contributed by atoms with Crippen LogP contribution < -0.4 is 15.7 Å². The molecule has 7 heteroatoms. The number of ether oxygens (including phenoxy) is 1. The maximum Gasteiger partial charge on any atom is 0.343 e. The lowest BCUT2D eigenvalue weighted by Gasteiger charge is -2.16. The highest BCUT2D eigenvalue weighted by atomic mass is 16.5. The maximum absolute atomic E-state index is 12.8. The molecule has 28 heavy (non-hydrogen) atoms. The molecule has 0 saturated heterocycles. The van der Waals surface area contributed by atoms with Gasteiger partial charge in [0.15, 0.2) is 0 Å². The van der Waals surface area contributed by atoms with Crippen LogP contribution in [0.4, 0.5) is 0 Å². The van der Waals surface area contributed by atoms with E-state index in [2.05, 4.69) is 15.5 Å². The number of fused-ring (bicyclic) bond motifs is 1. The highest BCUT2D eigenvalue weighted by Gasteiger charge is 2.20. The van der Waals surface area contributed by atoms with Crippen molar-refractivity contribution in [1.29, 1.82) is 0 Å². The molecule has 2 heterocycles. The molecule has 0 fully saturated rings. The molecule has 0 bridgehead atoms. The van der Waals surface area contributed by atoms with Crippen molar-refractivity contribution < 1.29 is 9.53 Å². The number of rotatable bonds is 4. The minimum absolute atomic E-state index is 0.0123. The Hall–Kier alpha value is -3.35. The second-order valence-electron chi connectivity index (χ2n) is 6.90. The Kier molecular flexibility index (Phi) is 4.97. The number of nitrogens with zero attached hydrogens (tertiary/aromatic N) is 2. The fraction of sp³-hybridized carbons (Fsp3) is 0.286. The van der Waals surface area contributed by atoms with Crippen LogP contribution in [0.25, 0.3) is 11.1 Å². The molecule has 7 nitrogen and oxygen atoms in total. The Morgan fingerprint density at radius 2 is 2.00 bits per heavy atom. The summed E-state index contributed by atoms with van der Waals surface area (Å²) >= 11 is 0. The van der Waals surface area contributed by atoms with Crippen molar-refractivity contribution in [1.82, 2.24) is 20.1 Å². The summed E-state index contributed by atoms with van der Waals surface area (Å²) in [6.07, 6.45) is 2.13. The van der Waals surface area contributed by atoms with Crippen molar-refractivity contribution in [2.75, 3.05) is 7.11 Å². The van der Waals surface area contributed by atoms with E-state index in [9.17, 15) is 9.59 Å². The van der Waals surface area contributed by atoms with E-state index < -0.39 is 0 Å². The number of aromatic nitrogens is 3. The van der Waals surface area contributed by atoms with Gasteiger partial charge in [-0.3, -0.25) is 9.36 Å². The van der Waals surface area contributed by atoms with Crippen LogP contribution in [0, 0.1) is 0 Å². The first-order valence-corrected chi connectivity index (χ1v) is 9.33. The van der Waals surface area contributed by atoms with E-state index in [-0.39, 0.29) is 17.6 Å². The molecule has 1 atom stereocenters. The van der Waals surface area contributed by atoms with Gasteiger partial charge in [0, 0.05) is 24.6 Å². The quantitative estimate of drug-likeness (QED) is 0.730. The Bertz CT molecular complexity index is 1040. The van der Waals surface area contributed by atoms with Gasteiger partial charge in [0.25, 0.3) is 5.91 Å². The van der Waals surface area contributed by atoms with Gasteiger partial charge in [0.05, 0.1) is 7.11 Å². The van der Waals surface area contributed by atoms with Crippen LogP contribution in [-0.2, 0) is 13.0 Å². The standard InChI is InChI=1S/C21H22N4O3/c1-28-18-8-5-14(6-9-18)15-3-2-4-16(13-15)20(26)22-17-7-10-19-23-24-21(27)25(19)12-11-17/h2-6,8-9,13,17H,7,10-12H2,1H3,(H,22,26)(H,24,27). The highest BCUT2D eigenvalue weighted by molar-refractivity contribution is 5.95. The number of aryl methyl sites for hydroxylation is 1. The zero-order valence-corrected chi connectivity index (χ0v) is 15.6. The van der Waals surface area contributed by atoms with Crippen molar-refractivity contribution in [3.05, 3.63) is 70.4 Å². The molecule has 144 valence electrons. The third-order valence-corrected chi connectivity index (χ3v) is 5.14. The van der Waals surface area contributed by atoms with Crippen molar-refractivity contribution >= 4 is 5.91 Å². The number of carbonyl (C=O) groups excluding carboxylic acids is 1. The van der Waals surface area contributed by atoms with Gasteiger partial charge in [-0.05, 0) is 48.2 Å². The molecule has 0 spiro atoms. The molecule has 0 saturated carbocycles. The largest absolute Gasteiger partial charge is 0.497 e. The molecule has 2 N–H and O–H groups in total. The number of benzene rings is 2. The SMILES string of the molecule is COc1ccc(-c2cccc(C(=O)NC3CCc4n[nH]c(=O)n4CC3)c2)cc1. The molecule has 1 amide bonds. The van der Waals surface area contributed by atoms with Crippen LogP contribution >= 0.6 is 0 Å². The molecule has 0 radical (unpaired) electrons. The van der Waals surface area contributed by atoms with Crippen LogP contribution in [0.15, 0.2) is 53.3 Å². The predicted octanol–water partition coefficient (Wildman–Crippen LogP) is 2.38. The zero-order valence-electron chi connectivity index (χ0n) is 15.6. The van der Waals surface area contributed by atoms with Gasteiger partial charge in [-0.15, -0.1) is 0 Å². The Morgan fingerprint density at radius 3 is 2.79 bits per heavy atom. The van der Waals surface area contributed by atoms with E-state index in [4.69, 9.17) is 4.74 Å². The van der Waals surface area contributed by atoms with Crippen molar-refractivity contribution in [2.45, 2.75) is 31.8 Å². The average molecular weight is 378 g/mol. The van der Waals surface area contributed by atoms with Crippen LogP contribution in [0.2, 0.25) is 0 Å². The second kappa shape index (κ2) is 7.72. The first-order valence-electron chi connectivity index (χ1n) is 9.33. The van der Waals surface area contributed by atoms with E-state index in [1.807, 2.05) is 48.5 Å². The molecule has 1 aliphatic heterocycles. The van der Waals surface area contributed by atoms with E-state index in [0.29, 0.717) is 24.9 Å².